The molecule has 0 spiro atoms. The second kappa shape index (κ2) is 7.49. The maximum Gasteiger partial charge on any atom is 0.337 e. The Hall–Kier alpha value is -3.00. The lowest BCUT2D eigenvalue weighted by atomic mass is 10.2. The molecule has 1 amide bonds. The molecule has 0 atom stereocenters. The van der Waals surface area contributed by atoms with Gasteiger partial charge in [0.2, 0.25) is 5.91 Å². The lowest BCUT2D eigenvalue weighted by molar-refractivity contribution is -0.116. The Labute approximate surface area is 153 Å². The number of aromatic nitrogens is 2. The molecule has 1 aromatic carbocycles. The fourth-order valence-electron chi connectivity index (χ4n) is 2.49. The number of ether oxygens (including phenoxy) is 1. The fraction of sp³-hybridized carbons (Fsp3) is 0.222. The third-order valence-corrected chi connectivity index (χ3v) is 4.99. The molecular weight excluding hydrogens is 354 g/mol. The highest BCUT2D eigenvalue weighted by Crippen LogP contribution is 2.21. The van der Waals surface area contributed by atoms with Crippen LogP contribution in [0.25, 0.3) is 10.2 Å². The van der Waals surface area contributed by atoms with Crippen molar-refractivity contribution < 1.29 is 14.3 Å². The van der Waals surface area contributed by atoms with Crippen LogP contribution in [0.15, 0.2) is 41.5 Å². The van der Waals surface area contributed by atoms with Crippen molar-refractivity contribution in [2.45, 2.75) is 19.9 Å². The highest BCUT2D eigenvalue weighted by atomic mass is 32.1. The summed E-state index contributed by atoms with van der Waals surface area (Å²) in [4.78, 5) is 42.3. The molecule has 0 bridgehead atoms. The van der Waals surface area contributed by atoms with Crippen LogP contribution in [-0.2, 0) is 22.5 Å². The highest BCUT2D eigenvalue weighted by Gasteiger charge is 2.12. The maximum atomic E-state index is 12.5. The first-order chi connectivity index (χ1) is 12.5. The minimum atomic E-state index is -0.490. The summed E-state index contributed by atoms with van der Waals surface area (Å²) in [5.74, 6) is -0.877. The molecular formula is C18H17N3O4S. The number of hydrogen-bond acceptors (Lipinski definition) is 6. The molecule has 0 aliphatic heterocycles. The molecule has 1 N–H and O–H groups in total. The van der Waals surface area contributed by atoms with Crippen molar-refractivity contribution in [1.82, 2.24) is 9.55 Å². The summed E-state index contributed by atoms with van der Waals surface area (Å²) in [6.45, 7) is 1.85. The summed E-state index contributed by atoms with van der Waals surface area (Å²) in [5, 5.41) is 3.19. The number of carbonyl (C=O) groups excluding carboxylic acids is 2. The summed E-state index contributed by atoms with van der Waals surface area (Å²) in [6.07, 6.45) is 2.21. The number of nitrogens with one attached hydrogen (secondary N) is 1. The normalized spacial score (nSPS) is 10.7. The molecule has 134 valence electrons. The van der Waals surface area contributed by atoms with Crippen LogP contribution in [0, 0.1) is 0 Å². The van der Waals surface area contributed by atoms with Gasteiger partial charge in [0.25, 0.3) is 5.56 Å². The average Bonchev–Trinajstić information content (AvgIpc) is 3.08. The van der Waals surface area contributed by atoms with E-state index in [9.17, 15) is 14.4 Å². The summed E-state index contributed by atoms with van der Waals surface area (Å²) in [5.41, 5.74) is 0.532. The van der Waals surface area contributed by atoms with Crippen LogP contribution in [0.3, 0.4) is 0 Å². The molecule has 0 unspecified atom stereocenters. The smallest absolute Gasteiger partial charge is 0.337 e. The molecule has 3 aromatic rings. The number of hydrogen-bond donors (Lipinski definition) is 1. The van der Waals surface area contributed by atoms with Gasteiger partial charge in [0, 0.05) is 10.6 Å². The number of benzene rings is 1. The molecule has 0 aliphatic rings. The van der Waals surface area contributed by atoms with E-state index >= 15 is 0 Å². The molecule has 2 aromatic heterocycles. The van der Waals surface area contributed by atoms with Crippen LogP contribution >= 0.6 is 11.3 Å². The minimum absolute atomic E-state index is 0.165. The van der Waals surface area contributed by atoms with E-state index in [0.717, 1.165) is 11.3 Å². The van der Waals surface area contributed by atoms with Crippen molar-refractivity contribution in [3.8, 4) is 0 Å². The summed E-state index contributed by atoms with van der Waals surface area (Å²) < 4.78 is 5.93. The van der Waals surface area contributed by atoms with Gasteiger partial charge in [-0.2, -0.15) is 0 Å². The quantitative estimate of drug-likeness (QED) is 0.696. The van der Waals surface area contributed by atoms with Crippen molar-refractivity contribution in [3.05, 3.63) is 57.5 Å². The molecule has 0 aliphatic carbocycles. The minimum Gasteiger partial charge on any atom is -0.465 e. The predicted molar refractivity (Wildman–Crippen MR) is 99.7 cm³/mol. The van der Waals surface area contributed by atoms with E-state index in [1.165, 1.54) is 35.4 Å². The van der Waals surface area contributed by atoms with E-state index in [-0.39, 0.29) is 18.0 Å². The number of carbonyl (C=O) groups is 2. The van der Waals surface area contributed by atoms with Gasteiger partial charge in [-0.3, -0.25) is 14.2 Å². The third-order valence-electron chi connectivity index (χ3n) is 3.80. The van der Waals surface area contributed by atoms with Crippen molar-refractivity contribution in [1.29, 1.82) is 0 Å². The second-order valence-electron chi connectivity index (χ2n) is 5.58. The van der Waals surface area contributed by atoms with E-state index in [2.05, 4.69) is 15.0 Å². The second-order valence-corrected chi connectivity index (χ2v) is 6.70. The zero-order valence-electron chi connectivity index (χ0n) is 14.3. The fourth-order valence-corrected chi connectivity index (χ4v) is 3.42. The number of anilines is 1. The molecule has 7 nitrogen and oxygen atoms in total. The standard InChI is InChI=1S/C18H17N3O4S/c1-3-13-8-14-16(26-13)19-10-21(17(14)23)9-15(22)20-12-6-4-5-11(7-12)18(24)25-2/h4-8,10H,3,9H2,1-2H3,(H,20,22). The molecule has 0 saturated carbocycles. The lowest BCUT2D eigenvalue weighted by Gasteiger charge is -2.08. The van der Waals surface area contributed by atoms with Gasteiger partial charge in [-0.05, 0) is 30.7 Å². The molecule has 0 saturated heterocycles. The van der Waals surface area contributed by atoms with E-state index < -0.39 is 5.97 Å². The van der Waals surface area contributed by atoms with Crippen molar-refractivity contribution in [2.24, 2.45) is 0 Å². The Kier molecular flexibility index (Phi) is 5.13. The monoisotopic (exact) mass is 371 g/mol. The lowest BCUT2D eigenvalue weighted by Crippen LogP contribution is -2.27. The van der Waals surface area contributed by atoms with Crippen LogP contribution in [0.5, 0.6) is 0 Å². The van der Waals surface area contributed by atoms with E-state index in [1.807, 2.05) is 13.0 Å². The van der Waals surface area contributed by atoms with Crippen LogP contribution in [0.2, 0.25) is 0 Å². The number of esters is 1. The predicted octanol–water partition coefficient (Wildman–Crippen LogP) is 2.45. The van der Waals surface area contributed by atoms with Crippen LogP contribution < -0.4 is 10.9 Å². The molecule has 0 radical (unpaired) electrons. The van der Waals surface area contributed by atoms with Gasteiger partial charge in [-0.25, -0.2) is 9.78 Å². The number of aryl methyl sites for hydroxylation is 1. The average molecular weight is 371 g/mol. The first-order valence-corrected chi connectivity index (χ1v) is 8.79. The van der Waals surface area contributed by atoms with Gasteiger partial charge in [-0.15, -0.1) is 11.3 Å². The molecule has 26 heavy (non-hydrogen) atoms. The van der Waals surface area contributed by atoms with Crippen LogP contribution in [0.4, 0.5) is 5.69 Å². The van der Waals surface area contributed by atoms with Crippen molar-refractivity contribution in [2.75, 3.05) is 12.4 Å². The zero-order valence-corrected chi connectivity index (χ0v) is 15.1. The van der Waals surface area contributed by atoms with Crippen molar-refractivity contribution in [3.63, 3.8) is 0 Å². The topological polar surface area (TPSA) is 90.3 Å². The van der Waals surface area contributed by atoms with Gasteiger partial charge in [0.1, 0.15) is 11.4 Å². The Bertz CT molecular complexity index is 1040. The van der Waals surface area contributed by atoms with E-state index in [0.29, 0.717) is 21.5 Å². The highest BCUT2D eigenvalue weighted by molar-refractivity contribution is 7.18. The van der Waals surface area contributed by atoms with Gasteiger partial charge >= 0.3 is 5.97 Å². The third kappa shape index (κ3) is 3.65. The number of methoxy groups -OCH3 is 1. The first-order valence-electron chi connectivity index (χ1n) is 7.98. The largest absolute Gasteiger partial charge is 0.465 e. The number of rotatable bonds is 5. The van der Waals surface area contributed by atoms with E-state index in [1.54, 1.807) is 18.2 Å². The molecule has 8 heteroatoms. The van der Waals surface area contributed by atoms with Crippen LogP contribution in [0.1, 0.15) is 22.2 Å². The number of amides is 1. The molecule has 3 rings (SSSR count). The van der Waals surface area contributed by atoms with Gasteiger partial charge in [0.15, 0.2) is 0 Å². The Balaban J connectivity index is 1.78. The van der Waals surface area contributed by atoms with Gasteiger partial charge in [-0.1, -0.05) is 13.0 Å². The maximum absolute atomic E-state index is 12.5. The summed E-state index contributed by atoms with van der Waals surface area (Å²) >= 11 is 1.48. The van der Waals surface area contributed by atoms with Gasteiger partial charge < -0.3 is 10.1 Å². The van der Waals surface area contributed by atoms with Crippen LogP contribution in [-0.4, -0.2) is 28.5 Å². The summed E-state index contributed by atoms with van der Waals surface area (Å²) in [7, 11) is 1.29. The summed E-state index contributed by atoms with van der Waals surface area (Å²) in [6, 6.07) is 8.22. The Morgan fingerprint density at radius 2 is 2.12 bits per heavy atom. The molecule has 2 heterocycles. The van der Waals surface area contributed by atoms with Gasteiger partial charge in [0.05, 0.1) is 24.4 Å². The number of nitrogens with zero attached hydrogens (tertiary/aromatic N) is 2. The van der Waals surface area contributed by atoms with Crippen molar-refractivity contribution >= 4 is 39.1 Å². The molecule has 0 fully saturated rings. The Morgan fingerprint density at radius 3 is 2.85 bits per heavy atom. The number of fused-ring (bicyclic) bond motifs is 1. The SMILES string of the molecule is CCc1cc2c(=O)n(CC(=O)Nc3cccc(C(=O)OC)c3)cnc2s1. The zero-order chi connectivity index (χ0) is 18.7. The van der Waals surface area contributed by atoms with E-state index in [4.69, 9.17) is 0 Å². The first kappa shape index (κ1) is 17.8. The Morgan fingerprint density at radius 1 is 1.31 bits per heavy atom. The number of thiophene rings is 1.